The number of hydrogen-bond acceptors (Lipinski definition) is 10. The van der Waals surface area contributed by atoms with E-state index in [9.17, 15) is 24.0 Å². The van der Waals surface area contributed by atoms with E-state index < -0.39 is 64.6 Å². The Morgan fingerprint density at radius 3 is 1.07 bits per heavy atom. The Morgan fingerprint density at radius 2 is 0.900 bits per heavy atom. The van der Waals surface area contributed by atoms with Crippen molar-refractivity contribution in [3.8, 4) is 0 Å². The topological polar surface area (TPSA) is 201 Å². The average Bonchev–Trinajstić information content (AvgIpc) is 2.59. The SMILES string of the molecule is CC(C)(C)OC(=O)N[C@@H](C(=O)O)C(C)(C)C.CC(C)(C)OC(=O)OC(=O)OC(C)(C)C.CC(C)(C)[C@@H](N)C(=O)O. The molecular weight excluding hydrogens is 528 g/mol. The van der Waals surface area contributed by atoms with Crippen LogP contribution in [-0.2, 0) is 28.5 Å². The van der Waals surface area contributed by atoms with Gasteiger partial charge in [0.15, 0.2) is 0 Å². The zero-order valence-corrected chi connectivity index (χ0v) is 26.8. The lowest BCUT2D eigenvalue weighted by molar-refractivity contribution is -0.142. The van der Waals surface area contributed by atoms with Crippen LogP contribution in [0.25, 0.3) is 0 Å². The van der Waals surface area contributed by atoms with Gasteiger partial charge in [-0.2, -0.15) is 0 Å². The Morgan fingerprint density at radius 1 is 0.575 bits per heavy atom. The fourth-order valence-corrected chi connectivity index (χ4v) is 2.05. The maximum absolute atomic E-state index is 11.4. The minimum absolute atomic E-state index is 0.341. The number of rotatable bonds is 3. The molecule has 0 heterocycles. The van der Waals surface area contributed by atoms with Crippen LogP contribution >= 0.6 is 0 Å². The number of carbonyl (C=O) groups is 5. The van der Waals surface area contributed by atoms with Crippen molar-refractivity contribution >= 4 is 30.3 Å². The number of aliphatic carboxylic acids is 2. The second-order valence-corrected chi connectivity index (χ2v) is 14.0. The molecule has 0 unspecified atom stereocenters. The summed E-state index contributed by atoms with van der Waals surface area (Å²) in [5.41, 5.74) is 2.36. The lowest BCUT2D eigenvalue weighted by atomic mass is 9.87. The molecule has 0 aromatic carbocycles. The molecule has 0 aliphatic heterocycles. The Kier molecular flexibility index (Phi) is 16.2. The minimum atomic E-state index is -1.07. The summed E-state index contributed by atoms with van der Waals surface area (Å²) in [7, 11) is 0. The maximum atomic E-state index is 11.4. The number of hydrogen-bond donors (Lipinski definition) is 4. The monoisotopic (exact) mass is 580 g/mol. The molecule has 2 atom stereocenters. The van der Waals surface area contributed by atoms with Gasteiger partial charge in [-0.1, -0.05) is 41.5 Å². The maximum Gasteiger partial charge on any atom is 0.519 e. The van der Waals surface area contributed by atoms with E-state index in [1.807, 2.05) is 0 Å². The first-order valence-corrected chi connectivity index (χ1v) is 12.6. The third kappa shape index (κ3) is 25.2. The highest BCUT2D eigenvalue weighted by Crippen LogP contribution is 2.20. The van der Waals surface area contributed by atoms with Crippen LogP contribution in [0.2, 0.25) is 0 Å². The fraction of sp³-hybridized carbons (Fsp3) is 0.815. The van der Waals surface area contributed by atoms with Crippen molar-refractivity contribution in [2.24, 2.45) is 16.6 Å². The summed E-state index contributed by atoms with van der Waals surface area (Å²) >= 11 is 0. The summed E-state index contributed by atoms with van der Waals surface area (Å²) < 4.78 is 18.8. The number of carboxylic acid groups (broad SMARTS) is 2. The molecule has 0 rings (SSSR count). The lowest BCUT2D eigenvalue weighted by Crippen LogP contribution is -2.50. The van der Waals surface area contributed by atoms with E-state index in [1.165, 1.54) is 0 Å². The van der Waals surface area contributed by atoms with Gasteiger partial charge in [-0.05, 0) is 73.1 Å². The molecule has 0 radical (unpaired) electrons. The van der Waals surface area contributed by atoms with Gasteiger partial charge in [-0.25, -0.2) is 19.2 Å². The predicted molar refractivity (Wildman–Crippen MR) is 149 cm³/mol. The molecule has 40 heavy (non-hydrogen) atoms. The number of ether oxygens (including phenoxy) is 4. The summed E-state index contributed by atoms with van der Waals surface area (Å²) in [5.74, 6) is -2.01. The lowest BCUT2D eigenvalue weighted by Gasteiger charge is -2.29. The molecule has 0 aliphatic rings. The average molecular weight is 581 g/mol. The third-order valence-corrected chi connectivity index (χ3v) is 3.92. The van der Waals surface area contributed by atoms with Gasteiger partial charge in [-0.15, -0.1) is 0 Å². The predicted octanol–water partition coefficient (Wildman–Crippen LogP) is 5.33. The van der Waals surface area contributed by atoms with Gasteiger partial charge >= 0.3 is 30.3 Å². The highest BCUT2D eigenvalue weighted by atomic mass is 16.8. The number of amides is 1. The Hall–Kier alpha value is -3.09. The fourth-order valence-electron chi connectivity index (χ4n) is 2.05. The van der Waals surface area contributed by atoms with Crippen molar-refractivity contribution in [3.05, 3.63) is 0 Å². The molecule has 0 spiro atoms. The molecule has 0 bridgehead atoms. The molecule has 236 valence electrons. The van der Waals surface area contributed by atoms with Crippen LogP contribution in [0, 0.1) is 10.8 Å². The standard InChI is InChI=1S/C11H21NO4.C10H18O5.C6H13NO2/c1-10(2,3)7(8(13)14)12-9(15)16-11(4,5)6;1-9(2,3)14-7(11)13-8(12)15-10(4,5)6;1-6(2,3)4(7)5(8)9/h7H,1-6H3,(H,12,15)(H,13,14);1-6H3;4H,7H2,1-3H3,(H,8,9)/t7-;;4-/m0.0/s1. The van der Waals surface area contributed by atoms with Gasteiger partial charge in [0, 0.05) is 0 Å². The molecule has 1 amide bonds. The Balaban J connectivity index is -0.000000534. The molecule has 13 heteroatoms. The smallest absolute Gasteiger partial charge is 0.480 e. The van der Waals surface area contributed by atoms with Crippen molar-refractivity contribution in [2.75, 3.05) is 0 Å². The van der Waals surface area contributed by atoms with Gasteiger partial charge in [0.2, 0.25) is 0 Å². The van der Waals surface area contributed by atoms with Crippen molar-refractivity contribution in [3.63, 3.8) is 0 Å². The molecule has 13 nitrogen and oxygen atoms in total. The Labute approximate surface area is 238 Å². The van der Waals surface area contributed by atoms with Crippen LogP contribution < -0.4 is 11.1 Å². The van der Waals surface area contributed by atoms with Crippen LogP contribution in [0.5, 0.6) is 0 Å². The highest BCUT2D eigenvalue weighted by molar-refractivity contribution is 5.80. The first-order chi connectivity index (χ1) is 17.3. The van der Waals surface area contributed by atoms with Crippen LogP contribution in [-0.4, -0.2) is 69.4 Å². The van der Waals surface area contributed by atoms with Crippen molar-refractivity contribution < 1.29 is 53.1 Å². The normalized spacial score (nSPS) is 13.5. The molecule has 0 aromatic rings. The second kappa shape index (κ2) is 15.6. The molecule has 0 saturated carbocycles. The Bertz CT molecular complexity index is 824. The minimum Gasteiger partial charge on any atom is -0.480 e. The zero-order chi connectivity index (χ0) is 33.1. The van der Waals surface area contributed by atoms with Crippen molar-refractivity contribution in [1.29, 1.82) is 0 Å². The molecule has 0 aromatic heterocycles. The van der Waals surface area contributed by atoms with Crippen molar-refractivity contribution in [2.45, 2.75) is 133 Å². The first-order valence-electron chi connectivity index (χ1n) is 12.6. The van der Waals surface area contributed by atoms with E-state index in [0.717, 1.165) is 0 Å². The van der Waals surface area contributed by atoms with E-state index in [4.69, 9.17) is 30.2 Å². The number of alkyl carbamates (subject to hydrolysis) is 1. The molecule has 0 fully saturated rings. The summed E-state index contributed by atoms with van der Waals surface area (Å²) in [6.07, 6.45) is -2.83. The van der Waals surface area contributed by atoms with E-state index in [2.05, 4.69) is 10.1 Å². The number of nitrogens with two attached hydrogens (primary N) is 1. The van der Waals surface area contributed by atoms with E-state index in [0.29, 0.717) is 0 Å². The van der Waals surface area contributed by atoms with Crippen LogP contribution in [0.15, 0.2) is 0 Å². The quantitative estimate of drug-likeness (QED) is 0.190. The summed E-state index contributed by atoms with van der Waals surface area (Å²) in [4.78, 5) is 54.6. The number of carbonyl (C=O) groups excluding carboxylic acids is 3. The summed E-state index contributed by atoms with van der Waals surface area (Å²) in [6.45, 7) is 25.8. The first kappa shape index (κ1) is 41.4. The molecule has 0 saturated heterocycles. The van der Waals surface area contributed by atoms with Crippen LogP contribution in [0.3, 0.4) is 0 Å². The third-order valence-electron chi connectivity index (χ3n) is 3.92. The van der Waals surface area contributed by atoms with E-state index in [-0.39, 0.29) is 5.41 Å². The molecule has 5 N–H and O–H groups in total. The summed E-state index contributed by atoms with van der Waals surface area (Å²) in [5, 5.41) is 19.7. The molecular formula is C27H52N2O11. The zero-order valence-electron chi connectivity index (χ0n) is 26.8. The number of nitrogens with one attached hydrogen (secondary N) is 1. The molecule has 0 aliphatic carbocycles. The van der Waals surface area contributed by atoms with E-state index in [1.54, 1.807) is 104 Å². The van der Waals surface area contributed by atoms with Gasteiger partial charge in [0.1, 0.15) is 28.9 Å². The largest absolute Gasteiger partial charge is 0.519 e. The van der Waals surface area contributed by atoms with Crippen LogP contribution in [0.4, 0.5) is 14.4 Å². The van der Waals surface area contributed by atoms with Gasteiger partial charge in [-0.3, -0.25) is 4.79 Å². The van der Waals surface area contributed by atoms with Gasteiger partial charge in [0.05, 0.1) is 0 Å². The number of carboxylic acids is 2. The highest BCUT2D eigenvalue weighted by Gasteiger charge is 2.34. The van der Waals surface area contributed by atoms with Crippen molar-refractivity contribution in [1.82, 2.24) is 5.32 Å². The van der Waals surface area contributed by atoms with E-state index >= 15 is 0 Å². The van der Waals surface area contributed by atoms with Gasteiger partial charge < -0.3 is 40.2 Å². The summed E-state index contributed by atoms with van der Waals surface area (Å²) in [6, 6.07) is -1.74. The van der Waals surface area contributed by atoms with Gasteiger partial charge in [0.25, 0.3) is 0 Å². The van der Waals surface area contributed by atoms with Crippen LogP contribution in [0.1, 0.15) is 104 Å². The second-order valence-electron chi connectivity index (χ2n) is 14.0.